The predicted molar refractivity (Wildman–Crippen MR) is 81.1 cm³/mol. The first-order valence-electron chi connectivity index (χ1n) is 6.06. The zero-order valence-corrected chi connectivity index (χ0v) is 11.4. The third kappa shape index (κ3) is 2.35. The van der Waals surface area contributed by atoms with Gasteiger partial charge >= 0.3 is 0 Å². The van der Waals surface area contributed by atoms with Crippen LogP contribution >= 0.6 is 11.8 Å². The Bertz CT molecular complexity index is 771. The molecule has 0 unspecified atom stereocenters. The Morgan fingerprint density at radius 2 is 1.85 bits per heavy atom. The van der Waals surface area contributed by atoms with E-state index in [1.54, 1.807) is 30.4 Å². The van der Waals surface area contributed by atoms with Gasteiger partial charge < -0.3 is 5.73 Å². The van der Waals surface area contributed by atoms with Gasteiger partial charge in [0.25, 0.3) is 0 Å². The van der Waals surface area contributed by atoms with Gasteiger partial charge in [0.05, 0.1) is 6.20 Å². The Kier molecular flexibility index (Phi) is 3.35. The fourth-order valence-electron chi connectivity index (χ4n) is 2.05. The summed E-state index contributed by atoms with van der Waals surface area (Å²) in [5, 5.41) is 10.5. The molecule has 0 saturated heterocycles. The summed E-state index contributed by atoms with van der Waals surface area (Å²) in [7, 11) is 0. The Morgan fingerprint density at radius 1 is 1.05 bits per heavy atom. The summed E-state index contributed by atoms with van der Waals surface area (Å²) in [4.78, 5) is 9.42. The number of aromatic nitrogens is 2. The number of fused-ring (bicyclic) bond motifs is 1. The molecule has 0 aliphatic rings. The summed E-state index contributed by atoms with van der Waals surface area (Å²) in [6, 6.07) is 11.8. The first-order chi connectivity index (χ1) is 9.75. The van der Waals surface area contributed by atoms with Crippen molar-refractivity contribution in [3.63, 3.8) is 0 Å². The molecule has 5 heteroatoms. The van der Waals surface area contributed by atoms with Crippen LogP contribution in [-0.4, -0.2) is 15.8 Å². The van der Waals surface area contributed by atoms with Gasteiger partial charge in [-0.25, -0.2) is 4.98 Å². The molecule has 4 nitrogen and oxygen atoms in total. The lowest BCUT2D eigenvalue weighted by atomic mass is 10.0. The zero-order valence-electron chi connectivity index (χ0n) is 10.6. The van der Waals surface area contributed by atoms with Crippen LogP contribution in [0.3, 0.4) is 0 Å². The number of nitrogens with one attached hydrogen (secondary N) is 1. The van der Waals surface area contributed by atoms with Crippen LogP contribution < -0.4 is 5.73 Å². The third-order valence-electron chi connectivity index (χ3n) is 2.93. The maximum Gasteiger partial charge on any atom is 0.123 e. The van der Waals surface area contributed by atoms with E-state index in [1.807, 2.05) is 36.4 Å². The van der Waals surface area contributed by atoms with Crippen LogP contribution in [0.5, 0.6) is 0 Å². The second kappa shape index (κ2) is 5.30. The average Bonchev–Trinajstić information content (AvgIpc) is 2.48. The van der Waals surface area contributed by atoms with Gasteiger partial charge in [0.15, 0.2) is 0 Å². The monoisotopic (exact) mass is 280 g/mol. The van der Waals surface area contributed by atoms with Crippen molar-refractivity contribution >= 4 is 28.4 Å². The zero-order chi connectivity index (χ0) is 13.9. The minimum Gasteiger partial charge on any atom is -0.384 e. The molecule has 1 heterocycles. The molecule has 1 aromatic heterocycles. The van der Waals surface area contributed by atoms with Crippen LogP contribution in [0, 0.1) is 5.41 Å². The summed E-state index contributed by atoms with van der Waals surface area (Å²) in [6.07, 6.45) is 5.06. The number of nitrogens with two attached hydrogens (primary N) is 1. The van der Waals surface area contributed by atoms with Crippen molar-refractivity contribution in [1.82, 2.24) is 9.97 Å². The summed E-state index contributed by atoms with van der Waals surface area (Å²) in [5.41, 5.74) is 6.39. The fourth-order valence-corrected chi connectivity index (χ4v) is 2.92. The van der Waals surface area contributed by atoms with E-state index in [0.717, 1.165) is 26.3 Å². The standard InChI is InChI=1S/C15H12N4S/c16-15(17)12-5-6-13(11-4-2-1-3-10(11)12)20-14-9-18-7-8-19-14/h1-9H,(H3,16,17). The van der Waals surface area contributed by atoms with Crippen LogP contribution in [0.15, 0.2) is 64.9 Å². The smallest absolute Gasteiger partial charge is 0.123 e. The lowest BCUT2D eigenvalue weighted by Gasteiger charge is -2.09. The maximum absolute atomic E-state index is 7.66. The molecular weight excluding hydrogens is 268 g/mol. The van der Waals surface area contributed by atoms with E-state index in [-0.39, 0.29) is 5.84 Å². The van der Waals surface area contributed by atoms with E-state index in [1.165, 1.54) is 0 Å². The number of nitrogens with zero attached hydrogens (tertiary/aromatic N) is 2. The molecule has 0 saturated carbocycles. The van der Waals surface area contributed by atoms with Gasteiger partial charge in [-0.1, -0.05) is 36.0 Å². The molecule has 0 spiro atoms. The second-order valence-corrected chi connectivity index (χ2v) is 5.28. The molecule has 0 radical (unpaired) electrons. The lowest BCUT2D eigenvalue weighted by Crippen LogP contribution is -2.11. The molecule has 0 bridgehead atoms. The summed E-state index contributed by atoms with van der Waals surface area (Å²) in [5.74, 6) is 0.0808. The van der Waals surface area contributed by atoms with Gasteiger partial charge in [0.2, 0.25) is 0 Å². The van der Waals surface area contributed by atoms with Crippen molar-refractivity contribution in [2.45, 2.75) is 9.92 Å². The minimum absolute atomic E-state index is 0.0808. The van der Waals surface area contributed by atoms with Crippen molar-refractivity contribution in [2.75, 3.05) is 0 Å². The fraction of sp³-hybridized carbons (Fsp3) is 0. The molecule has 2 aromatic carbocycles. The Labute approximate surface area is 120 Å². The van der Waals surface area contributed by atoms with Crippen molar-refractivity contribution in [3.05, 3.63) is 60.6 Å². The highest BCUT2D eigenvalue weighted by atomic mass is 32.2. The Balaban J connectivity index is 2.13. The van der Waals surface area contributed by atoms with Gasteiger partial charge in [-0.05, 0) is 22.9 Å². The van der Waals surface area contributed by atoms with Crippen molar-refractivity contribution in [2.24, 2.45) is 5.73 Å². The van der Waals surface area contributed by atoms with E-state index in [4.69, 9.17) is 11.1 Å². The van der Waals surface area contributed by atoms with Gasteiger partial charge in [-0.15, -0.1) is 0 Å². The van der Waals surface area contributed by atoms with Gasteiger partial charge in [0.1, 0.15) is 10.9 Å². The molecule has 3 rings (SSSR count). The van der Waals surface area contributed by atoms with Crippen LogP contribution in [0.1, 0.15) is 5.56 Å². The summed E-state index contributed by atoms with van der Waals surface area (Å²) in [6.45, 7) is 0. The predicted octanol–water partition coefficient (Wildman–Crippen LogP) is 3.07. The molecule has 20 heavy (non-hydrogen) atoms. The average molecular weight is 280 g/mol. The van der Waals surface area contributed by atoms with E-state index >= 15 is 0 Å². The third-order valence-corrected chi connectivity index (χ3v) is 3.92. The van der Waals surface area contributed by atoms with Crippen LogP contribution in [-0.2, 0) is 0 Å². The molecule has 3 N–H and O–H groups in total. The highest BCUT2D eigenvalue weighted by molar-refractivity contribution is 7.99. The van der Waals surface area contributed by atoms with Crippen molar-refractivity contribution in [3.8, 4) is 0 Å². The molecular formula is C15H12N4S. The number of nitrogen functional groups attached to an aromatic ring is 1. The second-order valence-electron chi connectivity index (χ2n) is 4.22. The number of amidine groups is 1. The number of rotatable bonds is 3. The van der Waals surface area contributed by atoms with Crippen LogP contribution in [0.4, 0.5) is 0 Å². The van der Waals surface area contributed by atoms with E-state index < -0.39 is 0 Å². The van der Waals surface area contributed by atoms with E-state index in [2.05, 4.69) is 9.97 Å². The van der Waals surface area contributed by atoms with E-state index in [0.29, 0.717) is 0 Å². The Morgan fingerprint density at radius 3 is 2.55 bits per heavy atom. The molecule has 98 valence electrons. The summed E-state index contributed by atoms with van der Waals surface area (Å²) < 4.78 is 0. The number of hydrogen-bond donors (Lipinski definition) is 2. The largest absolute Gasteiger partial charge is 0.384 e. The molecule has 0 aliphatic heterocycles. The molecule has 0 aliphatic carbocycles. The topological polar surface area (TPSA) is 75.7 Å². The highest BCUT2D eigenvalue weighted by Gasteiger charge is 2.09. The van der Waals surface area contributed by atoms with Gasteiger partial charge in [0, 0.05) is 22.9 Å². The normalized spacial score (nSPS) is 10.6. The first kappa shape index (κ1) is 12.6. The minimum atomic E-state index is 0.0808. The molecule has 3 aromatic rings. The molecule has 0 atom stereocenters. The SMILES string of the molecule is N=C(N)c1ccc(Sc2cnccn2)c2ccccc12. The number of benzene rings is 2. The Hall–Kier alpha value is -2.40. The summed E-state index contributed by atoms with van der Waals surface area (Å²) >= 11 is 1.55. The first-order valence-corrected chi connectivity index (χ1v) is 6.87. The number of hydrogen-bond acceptors (Lipinski definition) is 4. The highest BCUT2D eigenvalue weighted by Crippen LogP contribution is 2.33. The molecule has 0 amide bonds. The van der Waals surface area contributed by atoms with Crippen molar-refractivity contribution in [1.29, 1.82) is 5.41 Å². The lowest BCUT2D eigenvalue weighted by molar-refractivity contribution is 1.06. The maximum atomic E-state index is 7.66. The van der Waals surface area contributed by atoms with Crippen LogP contribution in [0.2, 0.25) is 0 Å². The van der Waals surface area contributed by atoms with Gasteiger partial charge in [-0.3, -0.25) is 10.4 Å². The van der Waals surface area contributed by atoms with Gasteiger partial charge in [-0.2, -0.15) is 0 Å². The van der Waals surface area contributed by atoms with E-state index in [9.17, 15) is 0 Å². The quantitative estimate of drug-likeness (QED) is 0.571. The van der Waals surface area contributed by atoms with Crippen LogP contribution in [0.25, 0.3) is 10.8 Å². The van der Waals surface area contributed by atoms with Crippen molar-refractivity contribution < 1.29 is 0 Å². The molecule has 0 fully saturated rings.